The maximum absolute atomic E-state index is 14.2. The van der Waals surface area contributed by atoms with Crippen LogP contribution in [0.1, 0.15) is 0 Å². The van der Waals surface area contributed by atoms with Crippen molar-refractivity contribution in [2.75, 3.05) is 38.4 Å². The van der Waals surface area contributed by atoms with E-state index in [1.54, 1.807) is 18.2 Å². The zero-order chi connectivity index (χ0) is 28.1. The molecule has 0 unspecified atom stereocenters. The average molecular weight is 537 g/mol. The molecule has 0 atom stereocenters. The van der Waals surface area contributed by atoms with Crippen molar-refractivity contribution in [1.82, 2.24) is 19.4 Å². The van der Waals surface area contributed by atoms with Gasteiger partial charge in [0, 0.05) is 36.4 Å². The van der Waals surface area contributed by atoms with E-state index < -0.39 is 17.2 Å². The third-order valence-electron chi connectivity index (χ3n) is 5.58. The molecule has 0 spiro atoms. The number of nitrogens with zero attached hydrogens (tertiary/aromatic N) is 4. The predicted molar refractivity (Wildman–Crippen MR) is 144 cm³/mol. The first-order chi connectivity index (χ1) is 18.7. The van der Waals surface area contributed by atoms with Crippen LogP contribution in [0.3, 0.4) is 0 Å². The van der Waals surface area contributed by atoms with E-state index in [-0.39, 0.29) is 29.9 Å². The molecule has 2 aromatic carbocycles. The lowest BCUT2D eigenvalue weighted by atomic mass is 10.2. The first kappa shape index (κ1) is 27.2. The van der Waals surface area contributed by atoms with E-state index in [2.05, 4.69) is 27.2 Å². The molecule has 0 saturated carbocycles. The molecule has 0 aliphatic heterocycles. The summed E-state index contributed by atoms with van der Waals surface area (Å²) in [6.07, 6.45) is 2.64. The second-order valence-corrected chi connectivity index (χ2v) is 8.65. The number of nitrogens with one attached hydrogen (secondary N) is 2. The number of benzene rings is 2. The second kappa shape index (κ2) is 11.7. The Morgan fingerprint density at radius 3 is 2.59 bits per heavy atom. The molecule has 0 aliphatic rings. The first-order valence-corrected chi connectivity index (χ1v) is 11.7. The summed E-state index contributed by atoms with van der Waals surface area (Å²) in [6, 6.07) is 9.19. The smallest absolute Gasteiger partial charge is 0.295 e. The number of pyridine rings is 1. The highest BCUT2D eigenvalue weighted by atomic mass is 19.1. The Labute approximate surface area is 222 Å². The summed E-state index contributed by atoms with van der Waals surface area (Å²) in [5.41, 5.74) is 0.708. The molecule has 0 saturated heterocycles. The number of fused-ring (bicyclic) bond motifs is 1. The summed E-state index contributed by atoms with van der Waals surface area (Å²) in [6.45, 7) is 4.18. The van der Waals surface area contributed by atoms with Crippen molar-refractivity contribution in [1.29, 1.82) is 0 Å². The standard InChI is InChI=1S/C27H26F2N6O4/c1-5-24(36)31-18-7-9-22(38-4)20(14-18)32-27-30-15-16-12-23(39-21-8-6-17(28)13-19(21)29)26(37)35(25(16)33-27)11-10-34(2)3/h5-9,12-15H,1,10-11H2,2-4H3,(H,31,36)(H,30,32,33). The van der Waals surface area contributed by atoms with Crippen LogP contribution < -0.4 is 25.7 Å². The number of likely N-dealkylation sites (N-methyl/N-ethyl adjacent to an activating group) is 1. The lowest BCUT2D eigenvalue weighted by molar-refractivity contribution is -0.111. The van der Waals surface area contributed by atoms with Gasteiger partial charge < -0.3 is 25.0 Å². The molecule has 10 nitrogen and oxygen atoms in total. The van der Waals surface area contributed by atoms with Crippen molar-refractivity contribution in [2.24, 2.45) is 0 Å². The van der Waals surface area contributed by atoms with Gasteiger partial charge in [0.15, 0.2) is 17.3 Å². The van der Waals surface area contributed by atoms with Gasteiger partial charge in [0.25, 0.3) is 5.56 Å². The van der Waals surface area contributed by atoms with Gasteiger partial charge in [-0.3, -0.25) is 14.2 Å². The van der Waals surface area contributed by atoms with Crippen LogP contribution in [0.15, 0.2) is 66.1 Å². The zero-order valence-electron chi connectivity index (χ0n) is 21.5. The van der Waals surface area contributed by atoms with E-state index in [1.807, 2.05) is 19.0 Å². The Hall–Kier alpha value is -4.84. The molecule has 4 rings (SSSR count). The number of hydrogen-bond acceptors (Lipinski definition) is 8. The molecular weight excluding hydrogens is 510 g/mol. The lowest BCUT2D eigenvalue weighted by Gasteiger charge is -2.16. The van der Waals surface area contributed by atoms with Gasteiger partial charge in [-0.1, -0.05) is 6.58 Å². The minimum atomic E-state index is -0.939. The Morgan fingerprint density at radius 2 is 1.90 bits per heavy atom. The highest BCUT2D eigenvalue weighted by Crippen LogP contribution is 2.31. The third-order valence-corrected chi connectivity index (χ3v) is 5.58. The van der Waals surface area contributed by atoms with Crippen molar-refractivity contribution >= 4 is 34.3 Å². The minimum absolute atomic E-state index is 0.157. The number of rotatable bonds is 10. The van der Waals surface area contributed by atoms with Gasteiger partial charge in [-0.15, -0.1) is 0 Å². The Balaban J connectivity index is 1.76. The van der Waals surface area contributed by atoms with Gasteiger partial charge >= 0.3 is 0 Å². The monoisotopic (exact) mass is 536 g/mol. The summed E-state index contributed by atoms with van der Waals surface area (Å²) in [5, 5.41) is 6.18. The predicted octanol–water partition coefficient (Wildman–Crippen LogP) is 4.30. The summed E-state index contributed by atoms with van der Waals surface area (Å²) >= 11 is 0. The summed E-state index contributed by atoms with van der Waals surface area (Å²) in [4.78, 5) is 35.9. The van der Waals surface area contributed by atoms with Gasteiger partial charge in [0.1, 0.15) is 17.2 Å². The van der Waals surface area contributed by atoms with Gasteiger partial charge in [-0.25, -0.2) is 13.8 Å². The number of amides is 1. The number of carbonyl (C=O) groups excluding carboxylic acids is 1. The largest absolute Gasteiger partial charge is 0.495 e. The minimum Gasteiger partial charge on any atom is -0.495 e. The van der Waals surface area contributed by atoms with Crippen LogP contribution in [0.25, 0.3) is 11.0 Å². The molecule has 2 aromatic heterocycles. The maximum Gasteiger partial charge on any atom is 0.295 e. The van der Waals surface area contributed by atoms with Gasteiger partial charge in [-0.05, 0) is 56.6 Å². The van der Waals surface area contributed by atoms with Crippen molar-refractivity contribution in [3.05, 3.63) is 83.3 Å². The molecule has 39 heavy (non-hydrogen) atoms. The number of methoxy groups -OCH3 is 1. The van der Waals surface area contributed by atoms with E-state index in [4.69, 9.17) is 9.47 Å². The van der Waals surface area contributed by atoms with Crippen LogP contribution in [-0.4, -0.2) is 53.1 Å². The molecule has 202 valence electrons. The first-order valence-electron chi connectivity index (χ1n) is 11.7. The number of halogens is 2. The Bertz CT molecular complexity index is 1610. The number of aromatic nitrogens is 3. The van der Waals surface area contributed by atoms with Gasteiger partial charge in [0.05, 0.1) is 12.8 Å². The van der Waals surface area contributed by atoms with Crippen LogP contribution >= 0.6 is 0 Å². The van der Waals surface area contributed by atoms with E-state index >= 15 is 0 Å². The molecule has 0 aliphatic carbocycles. The number of anilines is 3. The van der Waals surface area contributed by atoms with Crippen LogP contribution in [0, 0.1) is 11.6 Å². The molecule has 4 aromatic rings. The fourth-order valence-electron chi connectivity index (χ4n) is 3.65. The lowest BCUT2D eigenvalue weighted by Crippen LogP contribution is -2.28. The molecule has 0 radical (unpaired) electrons. The van der Waals surface area contributed by atoms with Crippen molar-refractivity contribution in [3.63, 3.8) is 0 Å². The van der Waals surface area contributed by atoms with Crippen LogP contribution in [0.4, 0.5) is 26.1 Å². The number of ether oxygens (including phenoxy) is 2. The summed E-state index contributed by atoms with van der Waals surface area (Å²) in [5.74, 6) is -1.91. The Kier molecular flexibility index (Phi) is 8.15. The van der Waals surface area contributed by atoms with Crippen LogP contribution in [-0.2, 0) is 11.3 Å². The van der Waals surface area contributed by atoms with E-state index in [1.165, 1.54) is 23.9 Å². The van der Waals surface area contributed by atoms with Crippen molar-refractivity contribution in [2.45, 2.75) is 6.54 Å². The third kappa shape index (κ3) is 6.36. The molecule has 2 N–H and O–H groups in total. The van der Waals surface area contributed by atoms with Crippen molar-refractivity contribution in [3.8, 4) is 17.2 Å². The van der Waals surface area contributed by atoms with E-state index in [0.29, 0.717) is 40.8 Å². The van der Waals surface area contributed by atoms with E-state index in [0.717, 1.165) is 18.2 Å². The summed E-state index contributed by atoms with van der Waals surface area (Å²) in [7, 11) is 5.20. The maximum atomic E-state index is 14.2. The topological polar surface area (TPSA) is 111 Å². The number of carbonyl (C=O) groups is 1. The number of hydrogen-bond donors (Lipinski definition) is 2. The van der Waals surface area contributed by atoms with Crippen LogP contribution in [0.5, 0.6) is 17.2 Å². The molecule has 12 heteroatoms. The van der Waals surface area contributed by atoms with E-state index in [9.17, 15) is 18.4 Å². The second-order valence-electron chi connectivity index (χ2n) is 8.65. The quantitative estimate of drug-likeness (QED) is 0.289. The SMILES string of the molecule is C=CC(=O)Nc1ccc(OC)c(Nc2ncc3cc(Oc4ccc(F)cc4F)c(=O)n(CCN(C)C)c3n2)c1. The van der Waals surface area contributed by atoms with Crippen molar-refractivity contribution < 1.29 is 23.0 Å². The highest BCUT2D eigenvalue weighted by Gasteiger charge is 2.17. The average Bonchev–Trinajstić information content (AvgIpc) is 2.90. The normalized spacial score (nSPS) is 10.9. The fraction of sp³-hybridized carbons (Fsp3) is 0.185. The molecule has 2 heterocycles. The summed E-state index contributed by atoms with van der Waals surface area (Å²) < 4.78 is 39.9. The zero-order valence-corrected chi connectivity index (χ0v) is 21.5. The fourth-order valence-corrected chi connectivity index (χ4v) is 3.65. The highest BCUT2D eigenvalue weighted by molar-refractivity contribution is 5.99. The molecular formula is C27H26F2N6O4. The van der Waals surface area contributed by atoms with Crippen LogP contribution in [0.2, 0.25) is 0 Å². The molecule has 0 bridgehead atoms. The van der Waals surface area contributed by atoms with Gasteiger partial charge in [-0.2, -0.15) is 4.98 Å². The molecule has 0 fully saturated rings. The molecule has 1 amide bonds. The Morgan fingerprint density at radius 1 is 1.13 bits per heavy atom. The van der Waals surface area contributed by atoms with Gasteiger partial charge in [0.2, 0.25) is 11.9 Å².